The molecule has 0 spiro atoms. The van der Waals surface area contributed by atoms with E-state index in [1.165, 1.54) is 16.9 Å². The van der Waals surface area contributed by atoms with Crippen LogP contribution in [-0.2, 0) is 11.3 Å². The summed E-state index contributed by atoms with van der Waals surface area (Å²) >= 11 is 1.43. The average Bonchev–Trinajstić information content (AvgIpc) is 3.04. The molecule has 0 bridgehead atoms. The maximum atomic E-state index is 12.6. The van der Waals surface area contributed by atoms with Gasteiger partial charge in [0.25, 0.3) is 5.91 Å². The molecule has 6 heteroatoms. The first-order valence-corrected chi connectivity index (χ1v) is 8.18. The van der Waals surface area contributed by atoms with Gasteiger partial charge in [-0.05, 0) is 18.1 Å². The fraction of sp³-hybridized carbons (Fsp3) is 0.375. The Labute approximate surface area is 133 Å². The number of hydrogen-bond acceptors (Lipinski definition) is 5. The van der Waals surface area contributed by atoms with E-state index in [1.54, 1.807) is 5.38 Å². The summed E-state index contributed by atoms with van der Waals surface area (Å²) in [5, 5.41) is 2.56. The lowest BCUT2D eigenvalue weighted by Gasteiger charge is -2.33. The maximum Gasteiger partial charge on any atom is 0.273 e. The number of aromatic nitrogens is 1. The standard InChI is InChI=1S/C16H19N3O2S/c1-11-4-2-3-5-12(11)14-9-19(6-7-21-14)16(20)13-10-22-15(8-17)18-13/h2-5,10,14H,6-9,17H2,1H3/t14-/m1/s1. The lowest BCUT2D eigenvalue weighted by atomic mass is 10.0. The van der Waals surface area contributed by atoms with Crippen LogP contribution in [0.25, 0.3) is 0 Å². The highest BCUT2D eigenvalue weighted by molar-refractivity contribution is 7.09. The molecule has 1 atom stereocenters. The van der Waals surface area contributed by atoms with Gasteiger partial charge >= 0.3 is 0 Å². The topological polar surface area (TPSA) is 68.5 Å². The molecule has 1 saturated heterocycles. The third-order valence-corrected chi connectivity index (χ3v) is 4.71. The summed E-state index contributed by atoms with van der Waals surface area (Å²) in [6, 6.07) is 8.13. The number of thiazole rings is 1. The third-order valence-electron chi connectivity index (χ3n) is 3.83. The molecule has 1 aliphatic heterocycles. The number of rotatable bonds is 3. The zero-order chi connectivity index (χ0) is 15.5. The fourth-order valence-corrected chi connectivity index (χ4v) is 3.28. The zero-order valence-corrected chi connectivity index (χ0v) is 13.3. The maximum absolute atomic E-state index is 12.6. The van der Waals surface area contributed by atoms with Gasteiger partial charge < -0.3 is 15.4 Å². The quantitative estimate of drug-likeness (QED) is 0.941. The third kappa shape index (κ3) is 3.04. The van der Waals surface area contributed by atoms with E-state index in [1.807, 2.05) is 17.0 Å². The van der Waals surface area contributed by atoms with Crippen LogP contribution in [0.4, 0.5) is 0 Å². The Balaban J connectivity index is 1.75. The smallest absolute Gasteiger partial charge is 0.273 e. The van der Waals surface area contributed by atoms with Crippen LogP contribution in [0.5, 0.6) is 0 Å². The van der Waals surface area contributed by atoms with Crippen LogP contribution in [0.3, 0.4) is 0 Å². The molecular formula is C16H19N3O2S. The second-order valence-corrected chi connectivity index (χ2v) is 6.24. The van der Waals surface area contributed by atoms with Crippen molar-refractivity contribution in [3.05, 3.63) is 51.5 Å². The molecule has 1 fully saturated rings. The van der Waals surface area contributed by atoms with Crippen LogP contribution in [0.2, 0.25) is 0 Å². The fourth-order valence-electron chi connectivity index (χ4n) is 2.63. The highest BCUT2D eigenvalue weighted by Gasteiger charge is 2.27. The Kier molecular flexibility index (Phi) is 4.52. The Morgan fingerprint density at radius 3 is 3.05 bits per heavy atom. The van der Waals surface area contributed by atoms with Gasteiger partial charge in [-0.25, -0.2) is 4.98 Å². The molecule has 1 aliphatic rings. The number of benzene rings is 1. The van der Waals surface area contributed by atoms with Crippen LogP contribution in [0.15, 0.2) is 29.6 Å². The summed E-state index contributed by atoms with van der Waals surface area (Å²) in [4.78, 5) is 18.7. The summed E-state index contributed by atoms with van der Waals surface area (Å²) in [5.74, 6) is -0.0437. The van der Waals surface area contributed by atoms with E-state index in [0.717, 1.165) is 10.6 Å². The largest absolute Gasteiger partial charge is 0.370 e. The molecule has 2 aromatic rings. The Hall–Kier alpha value is -1.76. The van der Waals surface area contributed by atoms with E-state index in [9.17, 15) is 4.79 Å². The normalized spacial score (nSPS) is 18.5. The molecule has 0 aliphatic carbocycles. The van der Waals surface area contributed by atoms with Crippen molar-refractivity contribution in [2.75, 3.05) is 19.7 Å². The van der Waals surface area contributed by atoms with E-state index >= 15 is 0 Å². The molecule has 2 N–H and O–H groups in total. The Morgan fingerprint density at radius 2 is 2.32 bits per heavy atom. The molecule has 5 nitrogen and oxygen atoms in total. The van der Waals surface area contributed by atoms with E-state index in [-0.39, 0.29) is 12.0 Å². The molecule has 2 heterocycles. The first-order valence-electron chi connectivity index (χ1n) is 7.30. The van der Waals surface area contributed by atoms with Crippen molar-refractivity contribution in [1.82, 2.24) is 9.88 Å². The van der Waals surface area contributed by atoms with Gasteiger partial charge in [-0.15, -0.1) is 11.3 Å². The van der Waals surface area contributed by atoms with Crippen molar-refractivity contribution in [2.45, 2.75) is 19.6 Å². The van der Waals surface area contributed by atoms with E-state index < -0.39 is 0 Å². The van der Waals surface area contributed by atoms with Crippen molar-refractivity contribution in [3.8, 4) is 0 Å². The second kappa shape index (κ2) is 6.56. The number of amides is 1. The Morgan fingerprint density at radius 1 is 1.50 bits per heavy atom. The predicted molar refractivity (Wildman–Crippen MR) is 85.8 cm³/mol. The monoisotopic (exact) mass is 317 g/mol. The molecule has 1 aromatic carbocycles. The highest BCUT2D eigenvalue weighted by Crippen LogP contribution is 2.26. The number of ether oxygens (including phenoxy) is 1. The number of nitrogens with zero attached hydrogens (tertiary/aromatic N) is 2. The molecule has 0 radical (unpaired) electrons. The van der Waals surface area contributed by atoms with Crippen LogP contribution in [0.1, 0.15) is 32.7 Å². The van der Waals surface area contributed by atoms with Crippen molar-refractivity contribution < 1.29 is 9.53 Å². The molecule has 3 rings (SSSR count). The van der Waals surface area contributed by atoms with Crippen LogP contribution >= 0.6 is 11.3 Å². The number of aryl methyl sites for hydroxylation is 1. The molecule has 22 heavy (non-hydrogen) atoms. The minimum Gasteiger partial charge on any atom is -0.370 e. The Bertz CT molecular complexity index is 671. The zero-order valence-electron chi connectivity index (χ0n) is 12.5. The second-order valence-electron chi connectivity index (χ2n) is 5.30. The SMILES string of the molecule is Cc1ccccc1[C@H]1CN(C(=O)c2csc(CN)n2)CCO1. The summed E-state index contributed by atoms with van der Waals surface area (Å²) in [6.45, 7) is 4.12. The van der Waals surface area contributed by atoms with E-state index in [4.69, 9.17) is 10.5 Å². The lowest BCUT2D eigenvalue weighted by Crippen LogP contribution is -2.42. The van der Waals surface area contributed by atoms with Crippen molar-refractivity contribution >= 4 is 17.2 Å². The lowest BCUT2D eigenvalue weighted by molar-refractivity contribution is -0.0232. The molecule has 0 unspecified atom stereocenters. The number of carbonyl (C=O) groups is 1. The van der Waals surface area contributed by atoms with E-state index in [2.05, 4.69) is 24.0 Å². The van der Waals surface area contributed by atoms with E-state index in [0.29, 0.717) is 31.9 Å². The first-order chi connectivity index (χ1) is 10.7. The average molecular weight is 317 g/mol. The number of nitrogens with two attached hydrogens (primary N) is 1. The van der Waals surface area contributed by atoms with Gasteiger partial charge in [0.15, 0.2) is 0 Å². The minimum atomic E-state index is -0.0773. The summed E-state index contributed by atoms with van der Waals surface area (Å²) < 4.78 is 5.86. The summed E-state index contributed by atoms with van der Waals surface area (Å²) in [7, 11) is 0. The molecule has 1 aromatic heterocycles. The number of carbonyl (C=O) groups excluding carboxylic acids is 1. The van der Waals surface area contributed by atoms with Gasteiger partial charge in [-0.2, -0.15) is 0 Å². The van der Waals surface area contributed by atoms with Crippen molar-refractivity contribution in [1.29, 1.82) is 0 Å². The van der Waals surface area contributed by atoms with Crippen LogP contribution in [0, 0.1) is 6.92 Å². The van der Waals surface area contributed by atoms with Gasteiger partial charge in [0.1, 0.15) is 16.8 Å². The first kappa shape index (κ1) is 15.1. The highest BCUT2D eigenvalue weighted by atomic mass is 32.1. The number of hydrogen-bond donors (Lipinski definition) is 1. The van der Waals surface area contributed by atoms with Crippen molar-refractivity contribution in [2.24, 2.45) is 5.73 Å². The summed E-state index contributed by atoms with van der Waals surface area (Å²) in [5.41, 5.74) is 8.36. The van der Waals surface area contributed by atoms with Gasteiger partial charge in [0.2, 0.25) is 0 Å². The number of morpholine rings is 1. The van der Waals surface area contributed by atoms with Gasteiger partial charge in [-0.3, -0.25) is 4.79 Å². The van der Waals surface area contributed by atoms with Gasteiger partial charge in [0.05, 0.1) is 13.2 Å². The predicted octanol–water partition coefficient (Wildman–Crippen LogP) is 2.12. The molecular weight excluding hydrogens is 298 g/mol. The molecule has 1 amide bonds. The van der Waals surface area contributed by atoms with Crippen LogP contribution < -0.4 is 5.73 Å². The van der Waals surface area contributed by atoms with Crippen molar-refractivity contribution in [3.63, 3.8) is 0 Å². The molecule has 116 valence electrons. The molecule has 0 saturated carbocycles. The van der Waals surface area contributed by atoms with Gasteiger partial charge in [0, 0.05) is 18.5 Å². The van der Waals surface area contributed by atoms with Crippen LogP contribution in [-0.4, -0.2) is 35.5 Å². The van der Waals surface area contributed by atoms with Gasteiger partial charge in [-0.1, -0.05) is 24.3 Å². The minimum absolute atomic E-state index is 0.0437. The summed E-state index contributed by atoms with van der Waals surface area (Å²) in [6.07, 6.45) is -0.0773.